The fraction of sp³-hybridized carbons (Fsp3) is 0.889. The van der Waals surface area contributed by atoms with E-state index in [1.165, 1.54) is 0 Å². The lowest BCUT2D eigenvalue weighted by molar-refractivity contribution is 0.00160. The van der Waals surface area contributed by atoms with Crippen LogP contribution in [0.5, 0.6) is 0 Å². The average molecular weight is 175 g/mol. The Hall–Kier alpha value is -0.120. The summed E-state index contributed by atoms with van der Waals surface area (Å²) in [6, 6.07) is 0. The van der Waals surface area contributed by atoms with E-state index in [2.05, 4.69) is 6.92 Å². The van der Waals surface area contributed by atoms with Crippen LogP contribution in [0.2, 0.25) is 0 Å². The second-order valence-electron chi connectivity index (χ2n) is 2.64. The molecule has 0 heterocycles. The molecule has 0 rings (SSSR count). The molecule has 3 heteroatoms. The van der Waals surface area contributed by atoms with Crippen molar-refractivity contribution in [3.63, 3.8) is 0 Å². The van der Waals surface area contributed by atoms with Gasteiger partial charge in [0, 0.05) is 6.61 Å². The fourth-order valence-corrected chi connectivity index (χ4v) is 0.665. The van der Waals surface area contributed by atoms with Gasteiger partial charge in [0.25, 0.3) is 0 Å². The van der Waals surface area contributed by atoms with Crippen molar-refractivity contribution in [3.8, 4) is 0 Å². The molecule has 0 amide bonds. The lowest BCUT2D eigenvalue weighted by atomic mass is 10.5. The molecule has 0 aliphatic rings. The van der Waals surface area contributed by atoms with Gasteiger partial charge in [-0.15, -0.1) is 0 Å². The van der Waals surface area contributed by atoms with E-state index < -0.39 is 0 Å². The zero-order valence-corrected chi connectivity index (χ0v) is 8.04. The summed E-state index contributed by atoms with van der Waals surface area (Å²) in [4.78, 5) is 0. The van der Waals surface area contributed by atoms with Crippen molar-refractivity contribution in [2.45, 2.75) is 20.0 Å². The molecule has 0 N–H and O–H groups in total. The van der Waals surface area contributed by atoms with Gasteiger partial charge < -0.3 is 14.2 Å². The Labute approximate surface area is 75.0 Å². The summed E-state index contributed by atoms with van der Waals surface area (Å²) >= 11 is 0. The minimum absolute atomic E-state index is 0.282. The van der Waals surface area contributed by atoms with Crippen LogP contribution in [0, 0.1) is 6.92 Å². The number of ether oxygens (including phenoxy) is 3. The zero-order valence-electron chi connectivity index (χ0n) is 8.04. The van der Waals surface area contributed by atoms with E-state index in [4.69, 9.17) is 14.2 Å². The summed E-state index contributed by atoms with van der Waals surface area (Å²) in [5.41, 5.74) is 0. The van der Waals surface area contributed by atoms with Gasteiger partial charge in [0.1, 0.15) is 0 Å². The highest BCUT2D eigenvalue weighted by atomic mass is 16.5. The third-order valence-electron chi connectivity index (χ3n) is 1.20. The molecule has 3 nitrogen and oxygen atoms in total. The SMILES string of the molecule is [CH2]COCCOCCOC(C)C. The smallest absolute Gasteiger partial charge is 0.0703 e. The molecule has 0 saturated carbocycles. The van der Waals surface area contributed by atoms with Crippen molar-refractivity contribution >= 4 is 0 Å². The molecule has 0 aromatic heterocycles. The maximum atomic E-state index is 5.27. The monoisotopic (exact) mass is 175 g/mol. The molecule has 1 radical (unpaired) electrons. The standard InChI is InChI=1S/C9H19O3/c1-4-10-5-6-11-7-8-12-9(2)3/h9H,1,4-8H2,2-3H3. The van der Waals surface area contributed by atoms with Gasteiger partial charge in [-0.3, -0.25) is 0 Å². The highest BCUT2D eigenvalue weighted by Crippen LogP contribution is 1.87. The third-order valence-corrected chi connectivity index (χ3v) is 1.20. The first-order valence-electron chi connectivity index (χ1n) is 4.33. The van der Waals surface area contributed by atoms with Crippen LogP contribution in [0.4, 0.5) is 0 Å². The van der Waals surface area contributed by atoms with Crippen LogP contribution in [0.3, 0.4) is 0 Å². The van der Waals surface area contributed by atoms with Crippen LogP contribution in [-0.4, -0.2) is 39.1 Å². The first-order chi connectivity index (χ1) is 5.77. The largest absolute Gasteiger partial charge is 0.379 e. The Morgan fingerprint density at radius 3 is 2.17 bits per heavy atom. The van der Waals surface area contributed by atoms with Crippen LogP contribution >= 0.6 is 0 Å². The van der Waals surface area contributed by atoms with E-state index >= 15 is 0 Å². The predicted molar refractivity (Wildman–Crippen MR) is 48.1 cm³/mol. The Balaban J connectivity index is 2.82. The first-order valence-corrected chi connectivity index (χ1v) is 4.33. The van der Waals surface area contributed by atoms with Crippen molar-refractivity contribution in [1.82, 2.24) is 0 Å². The molecule has 0 aromatic carbocycles. The van der Waals surface area contributed by atoms with Gasteiger partial charge in [0.15, 0.2) is 0 Å². The minimum Gasteiger partial charge on any atom is -0.379 e. The lowest BCUT2D eigenvalue weighted by Crippen LogP contribution is -2.12. The Morgan fingerprint density at radius 1 is 1.00 bits per heavy atom. The number of rotatable bonds is 8. The van der Waals surface area contributed by atoms with E-state index in [-0.39, 0.29) is 6.10 Å². The van der Waals surface area contributed by atoms with Gasteiger partial charge >= 0.3 is 0 Å². The molecule has 0 fully saturated rings. The van der Waals surface area contributed by atoms with Crippen LogP contribution in [0.25, 0.3) is 0 Å². The van der Waals surface area contributed by atoms with Crippen molar-refractivity contribution in [2.75, 3.05) is 33.0 Å². The summed E-state index contributed by atoms with van der Waals surface area (Å²) in [6.45, 7) is 10.6. The zero-order chi connectivity index (χ0) is 9.23. The Morgan fingerprint density at radius 2 is 1.58 bits per heavy atom. The van der Waals surface area contributed by atoms with E-state index in [0.717, 1.165) is 0 Å². The Bertz CT molecular complexity index is 83.8. The molecule has 0 spiro atoms. The molecule has 12 heavy (non-hydrogen) atoms. The topological polar surface area (TPSA) is 27.7 Å². The second-order valence-corrected chi connectivity index (χ2v) is 2.64. The molecule has 0 atom stereocenters. The molecular weight excluding hydrogens is 156 g/mol. The van der Waals surface area contributed by atoms with Crippen LogP contribution in [0.15, 0.2) is 0 Å². The molecule has 0 aliphatic carbocycles. The molecular formula is C9H19O3. The second kappa shape index (κ2) is 8.97. The molecule has 73 valence electrons. The Kier molecular flexibility index (Phi) is 8.88. The highest BCUT2D eigenvalue weighted by Gasteiger charge is 1.92. The van der Waals surface area contributed by atoms with Crippen molar-refractivity contribution in [1.29, 1.82) is 0 Å². The minimum atomic E-state index is 0.282. The quantitative estimate of drug-likeness (QED) is 0.520. The highest BCUT2D eigenvalue weighted by molar-refractivity contribution is 4.37. The van der Waals surface area contributed by atoms with E-state index in [0.29, 0.717) is 33.0 Å². The van der Waals surface area contributed by atoms with Crippen LogP contribution in [0.1, 0.15) is 13.8 Å². The van der Waals surface area contributed by atoms with Gasteiger partial charge in [0.05, 0.1) is 32.5 Å². The predicted octanol–water partition coefficient (Wildman–Crippen LogP) is 1.28. The summed E-state index contributed by atoms with van der Waals surface area (Å²) < 4.78 is 15.5. The number of hydrogen-bond acceptors (Lipinski definition) is 3. The first kappa shape index (κ1) is 11.9. The maximum absolute atomic E-state index is 5.27. The molecule has 0 unspecified atom stereocenters. The van der Waals surface area contributed by atoms with Crippen molar-refractivity contribution < 1.29 is 14.2 Å². The summed E-state index contributed by atoms with van der Waals surface area (Å²) in [5, 5.41) is 0. The molecule has 0 aliphatic heterocycles. The molecule has 0 bridgehead atoms. The normalized spacial score (nSPS) is 11.0. The van der Waals surface area contributed by atoms with Gasteiger partial charge in [-0.2, -0.15) is 0 Å². The van der Waals surface area contributed by atoms with E-state index in [1.807, 2.05) is 13.8 Å². The average Bonchev–Trinajstić information content (AvgIpc) is 2.02. The van der Waals surface area contributed by atoms with Crippen molar-refractivity contribution in [2.24, 2.45) is 0 Å². The van der Waals surface area contributed by atoms with E-state index in [9.17, 15) is 0 Å². The number of hydrogen-bond donors (Lipinski definition) is 0. The van der Waals surface area contributed by atoms with Gasteiger partial charge in [0.2, 0.25) is 0 Å². The lowest BCUT2D eigenvalue weighted by Gasteiger charge is -2.07. The fourth-order valence-electron chi connectivity index (χ4n) is 0.665. The van der Waals surface area contributed by atoms with Gasteiger partial charge in [-0.1, -0.05) is 0 Å². The van der Waals surface area contributed by atoms with Crippen LogP contribution in [-0.2, 0) is 14.2 Å². The van der Waals surface area contributed by atoms with Crippen LogP contribution < -0.4 is 0 Å². The maximum Gasteiger partial charge on any atom is 0.0703 e. The molecule has 0 saturated heterocycles. The third kappa shape index (κ3) is 9.88. The summed E-state index contributed by atoms with van der Waals surface area (Å²) in [6.07, 6.45) is 0.282. The van der Waals surface area contributed by atoms with Crippen molar-refractivity contribution in [3.05, 3.63) is 6.92 Å². The van der Waals surface area contributed by atoms with Gasteiger partial charge in [-0.05, 0) is 20.8 Å². The van der Waals surface area contributed by atoms with E-state index in [1.54, 1.807) is 0 Å². The molecule has 0 aromatic rings. The van der Waals surface area contributed by atoms with Gasteiger partial charge in [-0.25, -0.2) is 0 Å². The summed E-state index contributed by atoms with van der Waals surface area (Å²) in [5.74, 6) is 0. The summed E-state index contributed by atoms with van der Waals surface area (Å²) in [7, 11) is 0.